The van der Waals surface area contributed by atoms with Crippen LogP contribution in [0.5, 0.6) is 0 Å². The third-order valence-corrected chi connectivity index (χ3v) is 0.754. The van der Waals surface area contributed by atoms with E-state index in [1.165, 1.54) is 5.43 Å². The molecule has 0 spiro atoms. The van der Waals surface area contributed by atoms with Gasteiger partial charge in [-0.1, -0.05) is 12.2 Å². The van der Waals surface area contributed by atoms with Crippen molar-refractivity contribution in [2.24, 2.45) is 0 Å². The van der Waals surface area contributed by atoms with Gasteiger partial charge in [0.15, 0.2) is 0 Å². The molecule has 1 amide bonds. The molecule has 0 aromatic heterocycles. The zero-order valence-corrected chi connectivity index (χ0v) is 6.61. The summed E-state index contributed by atoms with van der Waals surface area (Å²) in [5.74, 6) is -2.12. The van der Waals surface area contributed by atoms with Crippen molar-refractivity contribution in [1.82, 2.24) is 10.9 Å². The van der Waals surface area contributed by atoms with Gasteiger partial charge in [-0.2, -0.15) is 13.2 Å². The van der Waals surface area contributed by atoms with Crippen LogP contribution in [0.15, 0.2) is 0 Å². The molecule has 3 nitrogen and oxygen atoms in total. The van der Waals surface area contributed by atoms with Crippen molar-refractivity contribution in [3.8, 4) is 0 Å². The molecule has 0 aromatic carbocycles. The van der Waals surface area contributed by atoms with Gasteiger partial charge in [0.1, 0.15) is 4.32 Å². The van der Waals surface area contributed by atoms with Gasteiger partial charge in [0, 0.05) is 0 Å². The standard InChI is InChI=1S/C3H3F3N2OS2/c4-3(5,6)1(9)7-8-2(10)11/h(H,7,9)(H2,8,10,11). The second-order valence-electron chi connectivity index (χ2n) is 1.38. The third-order valence-electron chi connectivity index (χ3n) is 0.540. The average molecular weight is 204 g/mol. The summed E-state index contributed by atoms with van der Waals surface area (Å²) in [4.78, 5) is 9.98. The minimum absolute atomic E-state index is 0.248. The number of nitrogens with one attached hydrogen (secondary N) is 2. The van der Waals surface area contributed by atoms with Crippen molar-refractivity contribution < 1.29 is 18.0 Å². The Labute approximate surface area is 70.7 Å². The molecule has 0 saturated heterocycles. The highest BCUT2D eigenvalue weighted by molar-refractivity contribution is 8.11. The number of hydrazine groups is 1. The molecule has 0 radical (unpaired) electrons. The van der Waals surface area contributed by atoms with Crippen molar-refractivity contribution >= 4 is 35.1 Å². The van der Waals surface area contributed by atoms with E-state index in [2.05, 4.69) is 24.8 Å². The normalized spacial score (nSPS) is 10.5. The number of thiol groups is 1. The van der Waals surface area contributed by atoms with E-state index in [1.807, 2.05) is 0 Å². The lowest BCUT2D eigenvalue weighted by Gasteiger charge is -2.07. The van der Waals surface area contributed by atoms with Crippen LogP contribution in [0.3, 0.4) is 0 Å². The Hall–Kier alpha value is -0.500. The molecule has 0 aliphatic rings. The average Bonchev–Trinajstić information content (AvgIpc) is 1.80. The molecule has 11 heavy (non-hydrogen) atoms. The number of carbonyl (C=O) groups excluding carboxylic acids is 1. The summed E-state index contributed by atoms with van der Waals surface area (Å²) in [5.41, 5.74) is 3.02. The molecule has 8 heteroatoms. The van der Waals surface area contributed by atoms with Gasteiger partial charge in [0.2, 0.25) is 0 Å². The molecule has 0 atom stereocenters. The molecule has 0 unspecified atom stereocenters. The fourth-order valence-electron chi connectivity index (χ4n) is 0.181. The first-order valence-electron chi connectivity index (χ1n) is 2.20. The number of rotatable bonds is 0. The van der Waals surface area contributed by atoms with Crippen LogP contribution in [-0.4, -0.2) is 16.4 Å². The van der Waals surface area contributed by atoms with Crippen LogP contribution in [-0.2, 0) is 4.79 Å². The lowest BCUT2D eigenvalue weighted by molar-refractivity contribution is -0.174. The molecule has 0 bridgehead atoms. The van der Waals surface area contributed by atoms with Gasteiger partial charge in [-0.05, 0) is 0 Å². The predicted octanol–water partition coefficient (Wildman–Crippen LogP) is 0.384. The van der Waals surface area contributed by atoms with E-state index in [-0.39, 0.29) is 4.32 Å². The number of alkyl halides is 3. The lowest BCUT2D eigenvalue weighted by Crippen LogP contribution is -2.46. The van der Waals surface area contributed by atoms with E-state index in [1.54, 1.807) is 5.43 Å². The largest absolute Gasteiger partial charge is 0.472 e. The first-order chi connectivity index (χ1) is 4.84. The van der Waals surface area contributed by atoms with E-state index < -0.39 is 12.1 Å². The minimum atomic E-state index is -4.91. The molecule has 0 rings (SSSR count). The summed E-state index contributed by atoms with van der Waals surface area (Å²) in [6.45, 7) is 0. The highest BCUT2D eigenvalue weighted by atomic mass is 32.1. The maximum Gasteiger partial charge on any atom is 0.472 e. The third kappa shape index (κ3) is 4.85. The maximum atomic E-state index is 11.4. The van der Waals surface area contributed by atoms with Crippen LogP contribution in [0.1, 0.15) is 0 Å². The molecule has 0 heterocycles. The van der Waals surface area contributed by atoms with E-state index in [0.717, 1.165) is 0 Å². The summed E-state index contributed by atoms with van der Waals surface area (Å²) in [6, 6.07) is 0. The highest BCUT2D eigenvalue weighted by Gasteiger charge is 2.38. The maximum absolute atomic E-state index is 11.4. The molecular formula is C3H3F3N2OS2. The molecule has 0 fully saturated rings. The Morgan fingerprint density at radius 3 is 2.09 bits per heavy atom. The Morgan fingerprint density at radius 2 is 1.82 bits per heavy atom. The Bertz CT molecular complexity index is 180. The van der Waals surface area contributed by atoms with Crippen molar-refractivity contribution in [3.05, 3.63) is 0 Å². The molecule has 0 saturated carbocycles. The van der Waals surface area contributed by atoms with E-state index >= 15 is 0 Å². The van der Waals surface area contributed by atoms with Crippen LogP contribution in [0.4, 0.5) is 13.2 Å². The summed E-state index contributed by atoms with van der Waals surface area (Å²) in [7, 11) is 0. The molecule has 64 valence electrons. The van der Waals surface area contributed by atoms with Gasteiger partial charge in [-0.3, -0.25) is 15.6 Å². The molecule has 0 aliphatic carbocycles. The fourth-order valence-corrected chi connectivity index (χ4v) is 0.288. The molecular weight excluding hydrogens is 201 g/mol. The highest BCUT2D eigenvalue weighted by Crippen LogP contribution is 2.13. The van der Waals surface area contributed by atoms with Gasteiger partial charge < -0.3 is 0 Å². The number of hydrogen-bond acceptors (Lipinski definition) is 2. The number of hydrogen-bond donors (Lipinski definition) is 3. The van der Waals surface area contributed by atoms with Crippen LogP contribution < -0.4 is 10.9 Å². The van der Waals surface area contributed by atoms with E-state index in [9.17, 15) is 18.0 Å². The Kier molecular flexibility index (Phi) is 3.59. The van der Waals surface area contributed by atoms with Crippen molar-refractivity contribution in [1.29, 1.82) is 0 Å². The zero-order valence-electron chi connectivity index (χ0n) is 4.90. The van der Waals surface area contributed by atoms with Crippen molar-refractivity contribution in [2.45, 2.75) is 6.18 Å². The lowest BCUT2D eigenvalue weighted by atomic mass is 10.6. The molecule has 0 aromatic rings. The topological polar surface area (TPSA) is 41.1 Å². The summed E-state index contributed by atoms with van der Waals surface area (Å²) >= 11 is 7.61. The van der Waals surface area contributed by atoms with Crippen molar-refractivity contribution in [3.63, 3.8) is 0 Å². The molecule has 2 N–H and O–H groups in total. The van der Waals surface area contributed by atoms with Crippen LogP contribution >= 0.6 is 24.8 Å². The van der Waals surface area contributed by atoms with Crippen LogP contribution in [0.2, 0.25) is 0 Å². The summed E-state index contributed by atoms with van der Waals surface area (Å²) < 4.78 is 33.9. The number of thiocarbonyl (C=S) groups is 1. The van der Waals surface area contributed by atoms with Crippen LogP contribution in [0, 0.1) is 0 Å². The van der Waals surface area contributed by atoms with Crippen LogP contribution in [0.25, 0.3) is 0 Å². The molecule has 0 aliphatic heterocycles. The van der Waals surface area contributed by atoms with Crippen molar-refractivity contribution in [2.75, 3.05) is 0 Å². The first kappa shape index (κ1) is 10.5. The first-order valence-corrected chi connectivity index (χ1v) is 3.05. The predicted molar refractivity (Wildman–Crippen MR) is 38.9 cm³/mol. The van der Waals surface area contributed by atoms with Gasteiger partial charge in [0.25, 0.3) is 0 Å². The van der Waals surface area contributed by atoms with Gasteiger partial charge in [-0.25, -0.2) is 0 Å². The summed E-state index contributed by atoms with van der Waals surface area (Å²) in [6.07, 6.45) is -4.91. The van der Waals surface area contributed by atoms with Gasteiger partial charge in [0.05, 0.1) is 0 Å². The Balaban J connectivity index is 3.80. The number of halogens is 3. The van der Waals surface area contributed by atoms with E-state index in [0.29, 0.717) is 0 Å². The van der Waals surface area contributed by atoms with E-state index in [4.69, 9.17) is 0 Å². The second kappa shape index (κ2) is 3.77. The van der Waals surface area contributed by atoms with Gasteiger partial charge >= 0.3 is 12.1 Å². The minimum Gasteiger partial charge on any atom is -0.283 e. The zero-order chi connectivity index (χ0) is 9.07. The number of carbonyl (C=O) groups is 1. The second-order valence-corrected chi connectivity index (χ2v) is 2.54. The SMILES string of the molecule is O=C(NNC(=S)S)C(F)(F)F. The van der Waals surface area contributed by atoms with Gasteiger partial charge in [-0.15, -0.1) is 12.6 Å². The smallest absolute Gasteiger partial charge is 0.283 e. The Morgan fingerprint density at radius 1 is 1.36 bits per heavy atom. The fraction of sp³-hybridized carbons (Fsp3) is 0.333. The summed E-state index contributed by atoms with van der Waals surface area (Å²) in [5, 5.41) is 0. The quantitative estimate of drug-likeness (QED) is 0.303. The monoisotopic (exact) mass is 204 g/mol. The number of amides is 1.